The van der Waals surface area contributed by atoms with Crippen molar-refractivity contribution in [3.8, 4) is 5.88 Å². The molecule has 1 N–H and O–H groups in total. The molecule has 0 aliphatic carbocycles. The first-order valence-electron chi connectivity index (χ1n) is 4.43. The Morgan fingerprint density at radius 2 is 2.20 bits per heavy atom. The van der Waals surface area contributed by atoms with Gasteiger partial charge in [-0.25, -0.2) is 4.98 Å². The van der Waals surface area contributed by atoms with Crippen LogP contribution in [0.1, 0.15) is 12.6 Å². The van der Waals surface area contributed by atoms with Gasteiger partial charge in [-0.15, -0.1) is 0 Å². The van der Waals surface area contributed by atoms with E-state index in [2.05, 4.69) is 15.3 Å². The first kappa shape index (κ1) is 11.2. The van der Waals surface area contributed by atoms with Gasteiger partial charge in [0.2, 0.25) is 5.95 Å². The molecule has 0 spiro atoms. The zero-order valence-electron chi connectivity index (χ0n) is 8.77. The smallest absolute Gasteiger partial charge is 0.352 e. The summed E-state index contributed by atoms with van der Waals surface area (Å²) in [6, 6.07) is 0. The lowest BCUT2D eigenvalue weighted by atomic mass is 10.3. The van der Waals surface area contributed by atoms with E-state index in [-0.39, 0.29) is 17.3 Å². The Bertz CT molecular complexity index is 380. The molecule has 0 atom stereocenters. The summed E-state index contributed by atoms with van der Waals surface area (Å²) in [5.41, 5.74) is 0.0960. The highest BCUT2D eigenvalue weighted by atomic mass is 16.6. The van der Waals surface area contributed by atoms with Crippen molar-refractivity contribution in [1.29, 1.82) is 0 Å². The zero-order chi connectivity index (χ0) is 11.4. The molecule has 0 saturated carbocycles. The molecule has 82 valence electrons. The Kier molecular flexibility index (Phi) is 3.37. The highest BCUT2D eigenvalue weighted by Gasteiger charge is 2.22. The topological polar surface area (TPSA) is 90.2 Å². The second kappa shape index (κ2) is 4.54. The molecule has 0 saturated heterocycles. The lowest BCUT2D eigenvalue weighted by molar-refractivity contribution is -0.387. The highest BCUT2D eigenvalue weighted by molar-refractivity contribution is 5.48. The molecule has 0 bridgehead atoms. The van der Waals surface area contributed by atoms with E-state index in [9.17, 15) is 10.1 Å². The van der Waals surface area contributed by atoms with Gasteiger partial charge in [-0.3, -0.25) is 10.1 Å². The number of hydrogen-bond acceptors (Lipinski definition) is 6. The summed E-state index contributed by atoms with van der Waals surface area (Å²) >= 11 is 0. The fraction of sp³-hybridized carbons (Fsp3) is 0.500. The van der Waals surface area contributed by atoms with Crippen LogP contribution in [-0.2, 0) is 0 Å². The molecule has 7 nitrogen and oxygen atoms in total. The summed E-state index contributed by atoms with van der Waals surface area (Å²) in [7, 11) is 1.64. The van der Waals surface area contributed by atoms with Gasteiger partial charge >= 0.3 is 5.69 Å². The van der Waals surface area contributed by atoms with Crippen molar-refractivity contribution in [3.63, 3.8) is 0 Å². The minimum atomic E-state index is -0.542. The maximum Gasteiger partial charge on any atom is 0.352 e. The molecule has 1 aromatic rings. The van der Waals surface area contributed by atoms with E-state index >= 15 is 0 Å². The average Bonchev–Trinajstić information content (AvgIpc) is 2.16. The Balaban J connectivity index is 3.28. The summed E-state index contributed by atoms with van der Waals surface area (Å²) in [6.45, 7) is 3.60. The van der Waals surface area contributed by atoms with E-state index in [0.29, 0.717) is 12.6 Å². The third-order valence-electron chi connectivity index (χ3n) is 1.71. The van der Waals surface area contributed by atoms with Gasteiger partial charge < -0.3 is 10.1 Å². The molecule has 1 aromatic heterocycles. The van der Waals surface area contributed by atoms with Crippen LogP contribution in [0.15, 0.2) is 0 Å². The number of aromatic nitrogens is 2. The predicted octanol–water partition coefficient (Wildman–Crippen LogP) is 1.13. The molecular formula is C8H12N4O3. The fourth-order valence-corrected chi connectivity index (χ4v) is 1.10. The van der Waals surface area contributed by atoms with Gasteiger partial charge in [-0.1, -0.05) is 0 Å². The van der Waals surface area contributed by atoms with Gasteiger partial charge in [-0.05, 0) is 13.8 Å². The van der Waals surface area contributed by atoms with Crippen molar-refractivity contribution in [2.24, 2.45) is 0 Å². The van der Waals surface area contributed by atoms with E-state index in [1.807, 2.05) is 0 Å². The summed E-state index contributed by atoms with van der Waals surface area (Å²) in [5, 5.41) is 13.5. The Hall–Kier alpha value is -1.92. The number of nitrogens with one attached hydrogen (secondary N) is 1. The van der Waals surface area contributed by atoms with Crippen molar-refractivity contribution in [2.45, 2.75) is 13.8 Å². The molecule has 7 heteroatoms. The summed E-state index contributed by atoms with van der Waals surface area (Å²) in [4.78, 5) is 18.0. The monoisotopic (exact) mass is 212 g/mol. The zero-order valence-corrected chi connectivity index (χ0v) is 8.77. The third-order valence-corrected chi connectivity index (χ3v) is 1.71. The van der Waals surface area contributed by atoms with Crippen molar-refractivity contribution in [1.82, 2.24) is 9.97 Å². The molecule has 1 heterocycles. The van der Waals surface area contributed by atoms with Crippen LogP contribution in [0.5, 0.6) is 5.88 Å². The first-order valence-corrected chi connectivity index (χ1v) is 4.43. The van der Waals surface area contributed by atoms with E-state index in [0.717, 1.165) is 0 Å². The Labute approximate surface area is 86.6 Å². The van der Waals surface area contributed by atoms with Gasteiger partial charge in [0, 0.05) is 7.05 Å². The minimum absolute atomic E-state index is 0.000602. The highest BCUT2D eigenvalue weighted by Crippen LogP contribution is 2.28. The summed E-state index contributed by atoms with van der Waals surface area (Å²) in [6.07, 6.45) is 0. The van der Waals surface area contributed by atoms with Gasteiger partial charge in [-0.2, -0.15) is 4.98 Å². The van der Waals surface area contributed by atoms with Crippen LogP contribution in [0.2, 0.25) is 0 Å². The first-order chi connectivity index (χ1) is 7.10. The molecule has 0 unspecified atom stereocenters. The SMILES string of the molecule is CCOc1nc(NC)nc(C)c1[N+](=O)[O-]. The van der Waals surface area contributed by atoms with E-state index < -0.39 is 4.92 Å². The summed E-state index contributed by atoms with van der Waals surface area (Å²) in [5.74, 6) is 0.306. The fourth-order valence-electron chi connectivity index (χ4n) is 1.10. The van der Waals surface area contributed by atoms with Crippen LogP contribution < -0.4 is 10.1 Å². The number of aryl methyl sites for hydroxylation is 1. The van der Waals surface area contributed by atoms with Crippen molar-refractivity contribution in [2.75, 3.05) is 19.0 Å². The molecule has 15 heavy (non-hydrogen) atoms. The predicted molar refractivity (Wildman–Crippen MR) is 54.1 cm³/mol. The van der Waals surface area contributed by atoms with Crippen LogP contribution >= 0.6 is 0 Å². The van der Waals surface area contributed by atoms with Gasteiger partial charge in [0.15, 0.2) is 0 Å². The number of nitro groups is 1. The van der Waals surface area contributed by atoms with Crippen LogP contribution in [-0.4, -0.2) is 28.5 Å². The van der Waals surface area contributed by atoms with Crippen LogP contribution in [0, 0.1) is 17.0 Å². The molecule has 1 rings (SSSR count). The molecule has 0 aliphatic rings. The van der Waals surface area contributed by atoms with Crippen LogP contribution in [0.3, 0.4) is 0 Å². The third kappa shape index (κ3) is 2.30. The molecule has 0 aliphatic heterocycles. The Morgan fingerprint density at radius 3 is 2.67 bits per heavy atom. The lowest BCUT2D eigenvalue weighted by Crippen LogP contribution is -2.06. The van der Waals surface area contributed by atoms with Crippen molar-refractivity contribution >= 4 is 11.6 Å². The van der Waals surface area contributed by atoms with Gasteiger partial charge in [0.05, 0.1) is 11.5 Å². The van der Waals surface area contributed by atoms with Crippen molar-refractivity contribution < 1.29 is 9.66 Å². The second-order valence-corrected chi connectivity index (χ2v) is 2.73. The number of ether oxygens (including phenoxy) is 1. The number of anilines is 1. The minimum Gasteiger partial charge on any atom is -0.473 e. The number of rotatable bonds is 4. The quantitative estimate of drug-likeness (QED) is 0.594. The second-order valence-electron chi connectivity index (χ2n) is 2.73. The normalized spacial score (nSPS) is 9.80. The van der Waals surface area contributed by atoms with Crippen LogP contribution in [0.25, 0.3) is 0 Å². The maximum absolute atomic E-state index is 10.7. The van der Waals surface area contributed by atoms with Crippen LogP contribution in [0.4, 0.5) is 11.6 Å². The average molecular weight is 212 g/mol. The molecule has 0 fully saturated rings. The number of hydrogen-bond donors (Lipinski definition) is 1. The lowest BCUT2D eigenvalue weighted by Gasteiger charge is -2.06. The standard InChI is InChI=1S/C8H12N4O3/c1-4-15-7-6(12(13)14)5(2)10-8(9-3)11-7/h4H2,1-3H3,(H,9,10,11). The molecule has 0 amide bonds. The van der Waals surface area contributed by atoms with Gasteiger partial charge in [0.1, 0.15) is 5.69 Å². The maximum atomic E-state index is 10.7. The van der Waals surface area contributed by atoms with Gasteiger partial charge in [0.25, 0.3) is 5.88 Å². The number of nitrogens with zero attached hydrogens (tertiary/aromatic N) is 3. The van der Waals surface area contributed by atoms with Crippen molar-refractivity contribution in [3.05, 3.63) is 15.8 Å². The summed E-state index contributed by atoms with van der Waals surface area (Å²) < 4.78 is 5.09. The Morgan fingerprint density at radius 1 is 1.53 bits per heavy atom. The largest absolute Gasteiger partial charge is 0.473 e. The molecule has 0 aromatic carbocycles. The molecular weight excluding hydrogens is 200 g/mol. The van der Waals surface area contributed by atoms with E-state index in [1.54, 1.807) is 20.9 Å². The van der Waals surface area contributed by atoms with E-state index in [1.165, 1.54) is 0 Å². The van der Waals surface area contributed by atoms with E-state index in [4.69, 9.17) is 4.74 Å². The molecule has 0 radical (unpaired) electrons.